The van der Waals surface area contributed by atoms with E-state index in [4.69, 9.17) is 4.74 Å². The molecule has 26 heavy (non-hydrogen) atoms. The van der Waals surface area contributed by atoms with Crippen molar-refractivity contribution in [2.24, 2.45) is 0 Å². The van der Waals surface area contributed by atoms with Gasteiger partial charge >= 0.3 is 5.82 Å². The first-order chi connectivity index (χ1) is 12.4. The van der Waals surface area contributed by atoms with E-state index in [1.165, 1.54) is 30.4 Å². The third-order valence-corrected chi connectivity index (χ3v) is 4.49. The first kappa shape index (κ1) is 17.7. The van der Waals surface area contributed by atoms with Gasteiger partial charge in [-0.25, -0.2) is 0 Å². The van der Waals surface area contributed by atoms with Crippen molar-refractivity contribution in [2.45, 2.75) is 26.4 Å². The van der Waals surface area contributed by atoms with Gasteiger partial charge in [0.1, 0.15) is 11.6 Å². The van der Waals surface area contributed by atoms with Crippen molar-refractivity contribution >= 4 is 39.9 Å². The summed E-state index contributed by atoms with van der Waals surface area (Å²) in [6.07, 6.45) is -0.152. The maximum Gasteiger partial charge on any atom is 0.366 e. The van der Waals surface area contributed by atoms with Crippen LogP contribution in [0.5, 0.6) is 5.75 Å². The number of hydrogen-bond donors (Lipinski definition) is 1. The van der Waals surface area contributed by atoms with Crippen LogP contribution in [0, 0.1) is 10.1 Å². The van der Waals surface area contributed by atoms with E-state index in [2.05, 4.69) is 20.5 Å². The Kier molecular flexibility index (Phi) is 4.75. The monoisotopic (exact) mass is 378 g/mol. The number of carbonyl (C=O) groups excluding carboxylic acids is 2. The van der Waals surface area contributed by atoms with Crippen LogP contribution in [0.2, 0.25) is 0 Å². The minimum absolute atomic E-state index is 0.0658. The van der Waals surface area contributed by atoms with Crippen molar-refractivity contribution in [1.29, 1.82) is 0 Å². The van der Waals surface area contributed by atoms with Gasteiger partial charge in [-0.3, -0.25) is 19.8 Å². The molecule has 0 aromatic carbocycles. The summed E-state index contributed by atoms with van der Waals surface area (Å²) in [5.41, 5.74) is 0. The number of anilines is 2. The maximum absolute atomic E-state index is 12.4. The predicted octanol–water partition coefficient (Wildman–Crippen LogP) is 1.16. The van der Waals surface area contributed by atoms with Crippen LogP contribution in [0.1, 0.15) is 18.9 Å². The summed E-state index contributed by atoms with van der Waals surface area (Å²) in [6.45, 7) is 3.06. The summed E-state index contributed by atoms with van der Waals surface area (Å²) in [4.78, 5) is 39.8. The van der Waals surface area contributed by atoms with Gasteiger partial charge in [0, 0.05) is 6.07 Å². The van der Waals surface area contributed by atoms with E-state index in [-0.39, 0.29) is 18.1 Å². The fourth-order valence-electron chi connectivity index (χ4n) is 2.28. The van der Waals surface area contributed by atoms with Crippen LogP contribution < -0.4 is 15.0 Å². The van der Waals surface area contributed by atoms with Gasteiger partial charge < -0.3 is 14.9 Å². The number of aromatic nitrogens is 3. The van der Waals surface area contributed by atoms with E-state index < -0.39 is 28.7 Å². The van der Waals surface area contributed by atoms with E-state index in [1.54, 1.807) is 0 Å². The molecule has 12 heteroatoms. The topological polar surface area (TPSA) is 140 Å². The molecular weight excluding hydrogens is 364 g/mol. The third kappa shape index (κ3) is 3.44. The highest BCUT2D eigenvalue weighted by Crippen LogP contribution is 2.33. The highest BCUT2D eigenvalue weighted by atomic mass is 32.1. The summed E-state index contributed by atoms with van der Waals surface area (Å²) >= 11 is 1.23. The molecule has 2 aromatic heterocycles. The highest BCUT2D eigenvalue weighted by molar-refractivity contribution is 7.15. The Morgan fingerprint density at radius 2 is 2.23 bits per heavy atom. The molecule has 0 saturated carbocycles. The molecule has 11 nitrogen and oxygen atoms in total. The lowest BCUT2D eigenvalue weighted by Crippen LogP contribution is -2.48. The number of nitrogens with one attached hydrogen (secondary N) is 1. The number of hydrogen-bond acceptors (Lipinski definition) is 9. The normalized spacial score (nSPS) is 16.0. The van der Waals surface area contributed by atoms with Crippen molar-refractivity contribution in [3.05, 3.63) is 27.3 Å². The molecule has 3 rings (SSSR count). The summed E-state index contributed by atoms with van der Waals surface area (Å²) in [7, 11) is 0. The first-order valence-electron chi connectivity index (χ1n) is 7.64. The van der Waals surface area contributed by atoms with Crippen LogP contribution >= 0.6 is 11.3 Å². The minimum Gasteiger partial charge on any atom is -0.475 e. The summed E-state index contributed by atoms with van der Waals surface area (Å²) in [5, 5.41) is 22.3. The molecule has 1 unspecified atom stereocenters. The molecule has 3 heterocycles. The average Bonchev–Trinajstić information content (AvgIpc) is 3.06. The second-order valence-corrected chi connectivity index (χ2v) is 6.40. The van der Waals surface area contributed by atoms with Crippen LogP contribution in [0.15, 0.2) is 12.1 Å². The van der Waals surface area contributed by atoms with Crippen LogP contribution in [0.4, 0.5) is 16.8 Å². The zero-order valence-corrected chi connectivity index (χ0v) is 14.6. The van der Waals surface area contributed by atoms with Gasteiger partial charge in [-0.05, 0) is 29.3 Å². The molecule has 1 N–H and O–H groups in total. The number of rotatable bonds is 5. The fraction of sp³-hybridized carbons (Fsp3) is 0.357. The summed E-state index contributed by atoms with van der Waals surface area (Å²) < 4.78 is 5.40. The second kappa shape index (κ2) is 7.00. The van der Waals surface area contributed by atoms with E-state index in [9.17, 15) is 19.7 Å². The van der Waals surface area contributed by atoms with E-state index >= 15 is 0 Å². The van der Waals surface area contributed by atoms with E-state index in [1.807, 2.05) is 6.92 Å². The van der Waals surface area contributed by atoms with Gasteiger partial charge in [0.2, 0.25) is 11.0 Å². The SMILES string of the molecule is CCc1nnc(NC(=O)CN2C(=O)C(C)Oc3ccc([N+](=O)[O-])nc32)s1. The molecule has 0 radical (unpaired) electrons. The lowest BCUT2D eigenvalue weighted by Gasteiger charge is -2.28. The standard InChI is InChI=1S/C14H14N6O5S/c1-3-11-17-18-14(26-11)16-10(21)6-19-12-8(25-7(2)13(19)22)4-5-9(15-12)20(23)24/h4-5,7H,3,6H2,1-2H3,(H,16,18,21). The van der Waals surface area contributed by atoms with Crippen LogP contribution in [0.3, 0.4) is 0 Å². The van der Waals surface area contributed by atoms with Gasteiger partial charge in [0.05, 0.1) is 0 Å². The van der Waals surface area contributed by atoms with Gasteiger partial charge in [0.15, 0.2) is 11.9 Å². The summed E-state index contributed by atoms with van der Waals surface area (Å²) in [6, 6.07) is 2.53. The Hall–Kier alpha value is -3.15. The van der Waals surface area contributed by atoms with Crippen molar-refractivity contribution in [3.63, 3.8) is 0 Å². The molecule has 1 atom stereocenters. The quantitative estimate of drug-likeness (QED) is 0.603. The van der Waals surface area contributed by atoms with E-state index in [0.717, 1.165) is 9.91 Å². The number of nitro groups is 1. The molecule has 1 aliphatic heterocycles. The van der Waals surface area contributed by atoms with Crippen molar-refractivity contribution in [2.75, 3.05) is 16.8 Å². The number of ether oxygens (including phenoxy) is 1. The molecule has 2 aromatic rings. The zero-order chi connectivity index (χ0) is 18.8. The number of carbonyl (C=O) groups is 2. The molecule has 2 amide bonds. The Balaban J connectivity index is 1.83. The van der Waals surface area contributed by atoms with Gasteiger partial charge in [-0.1, -0.05) is 18.3 Å². The Morgan fingerprint density at radius 1 is 1.46 bits per heavy atom. The zero-order valence-electron chi connectivity index (χ0n) is 13.8. The lowest BCUT2D eigenvalue weighted by atomic mass is 10.2. The van der Waals surface area contributed by atoms with Gasteiger partial charge in [0.25, 0.3) is 11.7 Å². The van der Waals surface area contributed by atoms with Crippen LogP contribution in [0.25, 0.3) is 0 Å². The molecule has 0 saturated heterocycles. The van der Waals surface area contributed by atoms with Gasteiger partial charge in [-0.15, -0.1) is 10.2 Å². The maximum atomic E-state index is 12.4. The molecule has 136 valence electrons. The summed E-state index contributed by atoms with van der Waals surface area (Å²) in [5.74, 6) is -1.36. The number of nitrogens with zero attached hydrogens (tertiary/aromatic N) is 5. The van der Waals surface area contributed by atoms with Crippen molar-refractivity contribution in [1.82, 2.24) is 15.2 Å². The number of amides is 2. The minimum atomic E-state index is -0.841. The molecule has 0 aliphatic carbocycles. The second-order valence-electron chi connectivity index (χ2n) is 5.34. The van der Waals surface area contributed by atoms with Crippen LogP contribution in [-0.4, -0.2) is 44.6 Å². The first-order valence-corrected chi connectivity index (χ1v) is 8.46. The van der Waals surface area contributed by atoms with Crippen molar-refractivity contribution in [3.8, 4) is 5.75 Å². The Morgan fingerprint density at radius 3 is 2.88 bits per heavy atom. The smallest absolute Gasteiger partial charge is 0.366 e. The molecular formula is C14H14N6O5S. The number of fused-ring (bicyclic) bond motifs is 1. The molecule has 0 bridgehead atoms. The Labute approximate surface area is 151 Å². The third-order valence-electron chi connectivity index (χ3n) is 3.50. The predicted molar refractivity (Wildman–Crippen MR) is 91.3 cm³/mol. The molecule has 0 fully saturated rings. The molecule has 0 spiro atoms. The largest absolute Gasteiger partial charge is 0.475 e. The number of pyridine rings is 1. The highest BCUT2D eigenvalue weighted by Gasteiger charge is 2.37. The average molecular weight is 378 g/mol. The fourth-order valence-corrected chi connectivity index (χ4v) is 2.98. The van der Waals surface area contributed by atoms with Crippen molar-refractivity contribution < 1.29 is 19.2 Å². The van der Waals surface area contributed by atoms with E-state index in [0.29, 0.717) is 11.6 Å². The Bertz CT molecular complexity index is 884. The lowest BCUT2D eigenvalue weighted by molar-refractivity contribution is -0.389. The van der Waals surface area contributed by atoms with Crippen LogP contribution in [-0.2, 0) is 16.0 Å². The van der Waals surface area contributed by atoms with Gasteiger partial charge in [-0.2, -0.15) is 0 Å². The molecule has 1 aliphatic rings. The number of aryl methyl sites for hydroxylation is 1.